The van der Waals surface area contributed by atoms with Gasteiger partial charge in [0.25, 0.3) is 0 Å². The van der Waals surface area contributed by atoms with Crippen LogP contribution in [0.15, 0.2) is 83.8 Å². The molecule has 0 aliphatic heterocycles. The molecule has 0 saturated carbocycles. The molecule has 0 unspecified atom stereocenters. The highest BCUT2D eigenvalue weighted by Gasteiger charge is 2.07. The molecule has 0 atom stereocenters. The third-order valence-corrected chi connectivity index (χ3v) is 4.74. The molecular formula is C19H16O2S. The van der Waals surface area contributed by atoms with Gasteiger partial charge in [-0.1, -0.05) is 66.7 Å². The quantitative estimate of drug-likeness (QED) is 0.717. The summed E-state index contributed by atoms with van der Waals surface area (Å²) in [6, 6.07) is 25.4. The van der Waals surface area contributed by atoms with Gasteiger partial charge in [0, 0.05) is 6.26 Å². The van der Waals surface area contributed by atoms with Gasteiger partial charge in [-0.2, -0.15) is 0 Å². The second-order valence-electron chi connectivity index (χ2n) is 5.24. The van der Waals surface area contributed by atoms with Crippen LogP contribution in [-0.4, -0.2) is 14.7 Å². The average molecular weight is 308 g/mol. The number of hydrogen-bond donors (Lipinski definition) is 0. The van der Waals surface area contributed by atoms with E-state index < -0.39 is 9.84 Å². The van der Waals surface area contributed by atoms with E-state index in [9.17, 15) is 8.42 Å². The molecule has 0 amide bonds. The van der Waals surface area contributed by atoms with Crippen LogP contribution in [0, 0.1) is 0 Å². The molecule has 110 valence electrons. The van der Waals surface area contributed by atoms with Gasteiger partial charge >= 0.3 is 0 Å². The minimum Gasteiger partial charge on any atom is -0.224 e. The zero-order valence-corrected chi connectivity index (χ0v) is 13.0. The third-order valence-electron chi connectivity index (χ3n) is 3.61. The van der Waals surface area contributed by atoms with Gasteiger partial charge in [0.05, 0.1) is 4.90 Å². The Morgan fingerprint density at radius 1 is 0.545 bits per heavy atom. The first-order chi connectivity index (χ1) is 10.5. The van der Waals surface area contributed by atoms with Crippen molar-refractivity contribution in [2.24, 2.45) is 0 Å². The number of benzene rings is 3. The molecular weight excluding hydrogens is 292 g/mol. The Balaban J connectivity index is 1.90. The molecule has 0 saturated heterocycles. The molecule has 3 aromatic carbocycles. The van der Waals surface area contributed by atoms with Crippen LogP contribution >= 0.6 is 0 Å². The lowest BCUT2D eigenvalue weighted by Gasteiger charge is -2.06. The molecule has 3 aromatic rings. The highest BCUT2D eigenvalue weighted by molar-refractivity contribution is 7.90. The van der Waals surface area contributed by atoms with Crippen molar-refractivity contribution >= 4 is 9.84 Å². The van der Waals surface area contributed by atoms with Gasteiger partial charge in [-0.3, -0.25) is 0 Å². The molecule has 0 fully saturated rings. The lowest BCUT2D eigenvalue weighted by Crippen LogP contribution is -1.96. The van der Waals surface area contributed by atoms with E-state index in [0.29, 0.717) is 4.90 Å². The van der Waals surface area contributed by atoms with E-state index in [1.165, 1.54) is 11.8 Å². The van der Waals surface area contributed by atoms with Crippen molar-refractivity contribution in [3.8, 4) is 22.3 Å². The topological polar surface area (TPSA) is 34.1 Å². The van der Waals surface area contributed by atoms with Gasteiger partial charge in [-0.25, -0.2) is 8.42 Å². The maximum Gasteiger partial charge on any atom is 0.175 e. The van der Waals surface area contributed by atoms with Gasteiger partial charge in [-0.05, 0) is 34.4 Å². The molecule has 22 heavy (non-hydrogen) atoms. The molecule has 0 N–H and O–H groups in total. The fourth-order valence-electron chi connectivity index (χ4n) is 2.38. The van der Waals surface area contributed by atoms with E-state index >= 15 is 0 Å². The van der Waals surface area contributed by atoms with E-state index in [-0.39, 0.29) is 0 Å². The summed E-state index contributed by atoms with van der Waals surface area (Å²) in [7, 11) is -3.14. The van der Waals surface area contributed by atoms with Crippen LogP contribution in [0.1, 0.15) is 0 Å². The minimum absolute atomic E-state index is 0.345. The highest BCUT2D eigenvalue weighted by Crippen LogP contribution is 2.25. The van der Waals surface area contributed by atoms with E-state index in [1.807, 2.05) is 30.3 Å². The maximum absolute atomic E-state index is 11.5. The molecule has 0 spiro atoms. The fourth-order valence-corrected chi connectivity index (χ4v) is 3.01. The van der Waals surface area contributed by atoms with Crippen molar-refractivity contribution in [1.82, 2.24) is 0 Å². The number of rotatable bonds is 3. The molecule has 3 rings (SSSR count). The first-order valence-electron chi connectivity index (χ1n) is 7.00. The Hall–Kier alpha value is -2.39. The van der Waals surface area contributed by atoms with E-state index in [0.717, 1.165) is 16.7 Å². The SMILES string of the molecule is CS(=O)(=O)c1ccc(-c2ccc(-c3ccccc3)cc2)cc1. The zero-order chi connectivity index (χ0) is 15.6. The van der Waals surface area contributed by atoms with E-state index in [2.05, 4.69) is 36.4 Å². The Bertz CT molecular complexity index is 863. The molecule has 0 heterocycles. The van der Waals surface area contributed by atoms with Crippen LogP contribution < -0.4 is 0 Å². The third kappa shape index (κ3) is 3.10. The summed E-state index contributed by atoms with van der Waals surface area (Å²) in [5.41, 5.74) is 4.42. The smallest absolute Gasteiger partial charge is 0.175 e. The summed E-state index contributed by atoms with van der Waals surface area (Å²) in [6.45, 7) is 0. The van der Waals surface area contributed by atoms with Crippen LogP contribution in [0.2, 0.25) is 0 Å². The summed E-state index contributed by atoms with van der Waals surface area (Å²) in [5.74, 6) is 0. The van der Waals surface area contributed by atoms with Gasteiger partial charge in [0.1, 0.15) is 0 Å². The average Bonchev–Trinajstić information content (AvgIpc) is 2.55. The van der Waals surface area contributed by atoms with Crippen molar-refractivity contribution in [1.29, 1.82) is 0 Å². The summed E-state index contributed by atoms with van der Waals surface area (Å²) in [4.78, 5) is 0.345. The minimum atomic E-state index is -3.14. The monoisotopic (exact) mass is 308 g/mol. The molecule has 0 aliphatic rings. The van der Waals surface area contributed by atoms with E-state index in [4.69, 9.17) is 0 Å². The first kappa shape index (κ1) is 14.5. The van der Waals surface area contributed by atoms with Crippen molar-refractivity contribution < 1.29 is 8.42 Å². The van der Waals surface area contributed by atoms with Crippen molar-refractivity contribution in [3.05, 3.63) is 78.9 Å². The van der Waals surface area contributed by atoms with Gasteiger partial charge in [0.15, 0.2) is 9.84 Å². The number of hydrogen-bond acceptors (Lipinski definition) is 2. The van der Waals surface area contributed by atoms with Crippen LogP contribution in [0.3, 0.4) is 0 Å². The van der Waals surface area contributed by atoms with Crippen molar-refractivity contribution in [3.63, 3.8) is 0 Å². The first-order valence-corrected chi connectivity index (χ1v) is 8.89. The van der Waals surface area contributed by atoms with Crippen molar-refractivity contribution in [2.75, 3.05) is 6.26 Å². The summed E-state index contributed by atoms with van der Waals surface area (Å²) in [5, 5.41) is 0. The highest BCUT2D eigenvalue weighted by atomic mass is 32.2. The Morgan fingerprint density at radius 3 is 1.32 bits per heavy atom. The standard InChI is InChI=1S/C19H16O2S/c1-22(20,21)19-13-11-18(12-14-19)17-9-7-16(8-10-17)15-5-3-2-4-6-15/h2-14H,1H3. The van der Waals surface area contributed by atoms with Gasteiger partial charge in [-0.15, -0.1) is 0 Å². The van der Waals surface area contributed by atoms with Crippen LogP contribution in [0.25, 0.3) is 22.3 Å². The Kier molecular flexibility index (Phi) is 3.82. The second-order valence-corrected chi connectivity index (χ2v) is 7.26. The Labute approximate surface area is 131 Å². The molecule has 2 nitrogen and oxygen atoms in total. The van der Waals surface area contributed by atoms with Gasteiger partial charge in [0.2, 0.25) is 0 Å². The molecule has 0 aliphatic carbocycles. The lowest BCUT2D eigenvalue weighted by atomic mass is 10.0. The fraction of sp³-hybridized carbons (Fsp3) is 0.0526. The van der Waals surface area contributed by atoms with Crippen LogP contribution in [-0.2, 0) is 9.84 Å². The lowest BCUT2D eigenvalue weighted by molar-refractivity contribution is 0.602. The molecule has 3 heteroatoms. The largest absolute Gasteiger partial charge is 0.224 e. The molecule has 0 bridgehead atoms. The van der Waals surface area contributed by atoms with Crippen molar-refractivity contribution in [2.45, 2.75) is 4.90 Å². The zero-order valence-electron chi connectivity index (χ0n) is 12.2. The predicted molar refractivity (Wildman–Crippen MR) is 90.4 cm³/mol. The summed E-state index contributed by atoms with van der Waals surface area (Å²) >= 11 is 0. The van der Waals surface area contributed by atoms with E-state index in [1.54, 1.807) is 12.1 Å². The van der Waals surface area contributed by atoms with Crippen LogP contribution in [0.5, 0.6) is 0 Å². The van der Waals surface area contributed by atoms with Gasteiger partial charge < -0.3 is 0 Å². The molecule has 0 aromatic heterocycles. The maximum atomic E-state index is 11.5. The predicted octanol–water partition coefficient (Wildman–Crippen LogP) is 4.42. The Morgan fingerprint density at radius 2 is 0.909 bits per heavy atom. The normalized spacial score (nSPS) is 11.3. The van der Waals surface area contributed by atoms with Crippen LogP contribution in [0.4, 0.5) is 0 Å². The summed E-state index contributed by atoms with van der Waals surface area (Å²) in [6.07, 6.45) is 1.22. The number of sulfone groups is 1. The molecule has 0 radical (unpaired) electrons. The summed E-state index contributed by atoms with van der Waals surface area (Å²) < 4.78 is 23.0. The second kappa shape index (κ2) is 5.78.